The minimum absolute atomic E-state index is 0.200. The van der Waals surface area contributed by atoms with Crippen LogP contribution in [0.15, 0.2) is 60.7 Å². The molecule has 0 aliphatic heterocycles. The van der Waals surface area contributed by atoms with Crippen LogP contribution in [0.4, 0.5) is 5.69 Å². The second-order valence-corrected chi connectivity index (χ2v) is 11.5. The molecule has 0 bridgehead atoms. The molecule has 0 spiro atoms. The number of fused-ring (bicyclic) bond motifs is 1. The second-order valence-electron chi connectivity index (χ2n) is 11.5. The Kier molecular flexibility index (Phi) is 9.53. The zero-order valence-corrected chi connectivity index (χ0v) is 24.5. The van der Waals surface area contributed by atoms with E-state index in [9.17, 15) is 5.11 Å². The number of hydrogen-bond acceptors (Lipinski definition) is 5. The third-order valence-electron chi connectivity index (χ3n) is 8.98. The molecule has 0 heterocycles. The quantitative estimate of drug-likeness (QED) is 0.245. The molecule has 0 aromatic heterocycles. The third kappa shape index (κ3) is 6.75. The number of methoxy groups -OCH3 is 1. The maximum Gasteiger partial charge on any atom is 0.120 e. The van der Waals surface area contributed by atoms with Crippen molar-refractivity contribution in [3.63, 3.8) is 0 Å². The molecule has 2 atom stereocenters. The Morgan fingerprint density at radius 2 is 1.70 bits per heavy atom. The molecule has 2 N–H and O–H groups in total. The number of ether oxygens (including phenoxy) is 2. The zero-order chi connectivity index (χ0) is 27.9. The van der Waals surface area contributed by atoms with Gasteiger partial charge < -0.3 is 24.8 Å². The summed E-state index contributed by atoms with van der Waals surface area (Å²) in [7, 11) is 1.74. The summed E-state index contributed by atoms with van der Waals surface area (Å²) in [6.07, 6.45) is 9.73. The minimum Gasteiger partial charge on any atom is -0.508 e. The van der Waals surface area contributed by atoms with Gasteiger partial charge in [-0.3, -0.25) is 0 Å². The highest BCUT2D eigenvalue weighted by Gasteiger charge is 2.26. The lowest BCUT2D eigenvalue weighted by Crippen LogP contribution is -2.34. The lowest BCUT2D eigenvalue weighted by Gasteiger charge is -2.35. The Balaban J connectivity index is 1.28. The van der Waals surface area contributed by atoms with Gasteiger partial charge in [-0.2, -0.15) is 0 Å². The van der Waals surface area contributed by atoms with Crippen LogP contribution in [-0.2, 0) is 12.8 Å². The summed E-state index contributed by atoms with van der Waals surface area (Å²) in [5.74, 6) is 2.60. The van der Waals surface area contributed by atoms with Gasteiger partial charge in [0.2, 0.25) is 0 Å². The topological polar surface area (TPSA) is 54.0 Å². The molecule has 5 nitrogen and oxygen atoms in total. The number of nitrogens with zero attached hydrogens (tertiary/aromatic N) is 1. The van der Waals surface area contributed by atoms with Gasteiger partial charge in [0.05, 0.1) is 13.2 Å². The van der Waals surface area contributed by atoms with Gasteiger partial charge in [0, 0.05) is 30.9 Å². The van der Waals surface area contributed by atoms with Crippen LogP contribution in [0.1, 0.15) is 86.6 Å². The van der Waals surface area contributed by atoms with Crippen LogP contribution >= 0.6 is 0 Å². The maximum absolute atomic E-state index is 9.94. The SMILES string of the molecule is CCN(c1cc(OC)ccc1C1CCc2cc(O)ccc2C1)C(C)c1ccc(OCCNC2CCCCC2)cc1. The van der Waals surface area contributed by atoms with Gasteiger partial charge in [0.25, 0.3) is 0 Å². The summed E-state index contributed by atoms with van der Waals surface area (Å²) < 4.78 is 11.7. The number of aromatic hydroxyl groups is 1. The number of anilines is 1. The monoisotopic (exact) mass is 542 g/mol. The van der Waals surface area contributed by atoms with E-state index in [4.69, 9.17) is 9.47 Å². The van der Waals surface area contributed by atoms with Gasteiger partial charge in [-0.25, -0.2) is 0 Å². The predicted octanol–water partition coefficient (Wildman–Crippen LogP) is 7.56. The highest BCUT2D eigenvalue weighted by molar-refractivity contribution is 5.61. The lowest BCUT2D eigenvalue weighted by molar-refractivity contribution is 0.289. The van der Waals surface area contributed by atoms with Crippen LogP contribution in [0, 0.1) is 0 Å². The smallest absolute Gasteiger partial charge is 0.120 e. The first-order valence-electron chi connectivity index (χ1n) is 15.3. The maximum atomic E-state index is 9.94. The van der Waals surface area contributed by atoms with E-state index in [1.165, 1.54) is 60.0 Å². The second kappa shape index (κ2) is 13.5. The fraction of sp³-hybridized carbons (Fsp3) is 0.486. The van der Waals surface area contributed by atoms with Crippen LogP contribution < -0.4 is 19.7 Å². The van der Waals surface area contributed by atoms with Crippen LogP contribution in [-0.4, -0.2) is 38.0 Å². The molecular weight excluding hydrogens is 496 g/mol. The molecule has 5 heteroatoms. The first-order valence-corrected chi connectivity index (χ1v) is 15.3. The van der Waals surface area contributed by atoms with E-state index >= 15 is 0 Å². The van der Waals surface area contributed by atoms with E-state index in [1.807, 2.05) is 12.1 Å². The number of benzene rings is 3. The van der Waals surface area contributed by atoms with Gasteiger partial charge in [-0.1, -0.05) is 43.5 Å². The number of rotatable bonds is 11. The average molecular weight is 543 g/mol. The highest BCUT2D eigenvalue weighted by atomic mass is 16.5. The molecule has 1 fully saturated rings. The molecule has 214 valence electrons. The van der Waals surface area contributed by atoms with E-state index in [0.29, 0.717) is 24.3 Å². The Labute approximate surface area is 240 Å². The first kappa shape index (κ1) is 28.4. The van der Waals surface area contributed by atoms with Crippen molar-refractivity contribution < 1.29 is 14.6 Å². The largest absolute Gasteiger partial charge is 0.508 e. The summed E-state index contributed by atoms with van der Waals surface area (Å²) in [5.41, 5.74) is 6.51. The molecule has 0 saturated heterocycles. The van der Waals surface area contributed by atoms with Crippen molar-refractivity contribution in [2.45, 2.75) is 83.2 Å². The minimum atomic E-state index is 0.200. The lowest BCUT2D eigenvalue weighted by atomic mass is 9.79. The molecule has 40 heavy (non-hydrogen) atoms. The van der Waals surface area contributed by atoms with E-state index in [0.717, 1.165) is 43.9 Å². The fourth-order valence-corrected chi connectivity index (χ4v) is 6.67. The number of phenolic OH excluding ortho intramolecular Hbond substituents is 1. The normalized spacial score (nSPS) is 18.1. The van der Waals surface area contributed by atoms with Gasteiger partial charge in [0.15, 0.2) is 0 Å². The van der Waals surface area contributed by atoms with Gasteiger partial charge in [0.1, 0.15) is 23.9 Å². The first-order chi connectivity index (χ1) is 19.6. The summed E-state index contributed by atoms with van der Waals surface area (Å²) in [5, 5.41) is 13.6. The molecule has 0 amide bonds. The van der Waals surface area contributed by atoms with Crippen molar-refractivity contribution in [3.8, 4) is 17.2 Å². The van der Waals surface area contributed by atoms with Gasteiger partial charge in [-0.05, 0) is 104 Å². The van der Waals surface area contributed by atoms with Crippen molar-refractivity contribution in [3.05, 3.63) is 82.9 Å². The fourth-order valence-electron chi connectivity index (χ4n) is 6.67. The molecule has 5 rings (SSSR count). The van der Waals surface area contributed by atoms with E-state index in [2.05, 4.69) is 72.6 Å². The number of nitrogens with one attached hydrogen (secondary N) is 1. The third-order valence-corrected chi connectivity index (χ3v) is 8.98. The number of aryl methyl sites for hydroxylation is 1. The molecule has 2 aliphatic rings. The summed E-state index contributed by atoms with van der Waals surface area (Å²) in [4.78, 5) is 2.49. The van der Waals surface area contributed by atoms with E-state index < -0.39 is 0 Å². The van der Waals surface area contributed by atoms with Crippen molar-refractivity contribution in [1.82, 2.24) is 5.32 Å². The molecular formula is C35H46N2O3. The Bertz CT molecular complexity index is 1240. The summed E-state index contributed by atoms with van der Waals surface area (Å²) >= 11 is 0. The molecule has 3 aromatic rings. The van der Waals surface area contributed by atoms with Crippen molar-refractivity contribution in [2.75, 3.05) is 31.7 Å². The van der Waals surface area contributed by atoms with Crippen molar-refractivity contribution in [2.24, 2.45) is 0 Å². The van der Waals surface area contributed by atoms with Crippen LogP contribution in [0.5, 0.6) is 17.2 Å². The molecule has 3 aromatic carbocycles. The number of phenols is 1. The van der Waals surface area contributed by atoms with Gasteiger partial charge >= 0.3 is 0 Å². The Morgan fingerprint density at radius 1 is 0.925 bits per heavy atom. The van der Waals surface area contributed by atoms with E-state index in [1.54, 1.807) is 7.11 Å². The highest BCUT2D eigenvalue weighted by Crippen LogP contribution is 2.41. The molecule has 1 saturated carbocycles. The summed E-state index contributed by atoms with van der Waals surface area (Å²) in [6.45, 7) is 7.01. The van der Waals surface area contributed by atoms with Crippen LogP contribution in [0.25, 0.3) is 0 Å². The molecule has 2 unspecified atom stereocenters. The van der Waals surface area contributed by atoms with Crippen molar-refractivity contribution in [1.29, 1.82) is 0 Å². The van der Waals surface area contributed by atoms with Gasteiger partial charge in [-0.15, -0.1) is 0 Å². The Hall–Kier alpha value is -3.18. The standard InChI is InChI=1S/C35H46N2O3/c1-4-37(25(2)26-13-16-32(17-14-26)40-21-20-36-30-8-6-5-7-9-30)35-24-33(39-3)18-19-34(35)29-11-10-28-23-31(38)15-12-27(28)22-29/h12-19,23-25,29-30,36,38H,4-11,20-22H2,1-3H3. The molecule has 2 aliphatic carbocycles. The average Bonchev–Trinajstić information content (AvgIpc) is 3.00. The Morgan fingerprint density at radius 3 is 2.45 bits per heavy atom. The summed E-state index contributed by atoms with van der Waals surface area (Å²) in [6, 6.07) is 21.9. The predicted molar refractivity (Wildman–Crippen MR) is 164 cm³/mol. The number of hydrogen-bond donors (Lipinski definition) is 2. The molecule has 0 radical (unpaired) electrons. The van der Waals surface area contributed by atoms with Crippen LogP contribution in [0.3, 0.4) is 0 Å². The van der Waals surface area contributed by atoms with E-state index in [-0.39, 0.29) is 6.04 Å². The van der Waals surface area contributed by atoms with Crippen molar-refractivity contribution >= 4 is 5.69 Å². The van der Waals surface area contributed by atoms with Crippen LogP contribution in [0.2, 0.25) is 0 Å². The zero-order valence-electron chi connectivity index (χ0n) is 24.5.